The summed E-state index contributed by atoms with van der Waals surface area (Å²) in [4.78, 5) is 28.2. The zero-order chi connectivity index (χ0) is 39.5. The van der Waals surface area contributed by atoms with Gasteiger partial charge in [-0.15, -0.1) is 23.2 Å². The molecule has 4 saturated carbocycles. The number of hydrogen-bond acceptors (Lipinski definition) is 7. The maximum Gasteiger partial charge on any atom is 0.310 e. The fourth-order valence-corrected chi connectivity index (χ4v) is 12.2. The lowest BCUT2D eigenvalue weighted by atomic mass is 9.43. The Kier molecular flexibility index (Phi) is 13.8. The minimum Gasteiger partial charge on any atom is -0.497 e. The quantitative estimate of drug-likeness (QED) is 0.142. The fraction of sp³-hybridized carbons (Fsp3) is 0.696. The van der Waals surface area contributed by atoms with E-state index in [4.69, 9.17) is 37.4 Å². The van der Waals surface area contributed by atoms with Crippen LogP contribution < -0.4 is 9.64 Å². The van der Waals surface area contributed by atoms with E-state index >= 15 is 0 Å². The Labute approximate surface area is 340 Å². The highest BCUT2D eigenvalue weighted by atomic mass is 35.5. The molecule has 4 fully saturated rings. The van der Waals surface area contributed by atoms with Gasteiger partial charge in [-0.2, -0.15) is 0 Å². The van der Waals surface area contributed by atoms with Crippen LogP contribution in [0.4, 0.5) is 5.69 Å². The van der Waals surface area contributed by atoms with Crippen LogP contribution in [0.25, 0.3) is 0 Å². The predicted octanol–water partition coefficient (Wildman–Crippen LogP) is 10.00. The van der Waals surface area contributed by atoms with E-state index in [9.17, 15) is 14.7 Å². The van der Waals surface area contributed by atoms with Crippen LogP contribution in [0.1, 0.15) is 110 Å². The number of rotatable bonds is 15. The molecular weight excluding hydrogens is 733 g/mol. The molecule has 2 aromatic carbocycles. The van der Waals surface area contributed by atoms with Gasteiger partial charge in [-0.3, -0.25) is 9.59 Å². The van der Waals surface area contributed by atoms with Gasteiger partial charge in [0.2, 0.25) is 0 Å². The molecule has 0 heterocycles. The van der Waals surface area contributed by atoms with E-state index in [2.05, 4.69) is 25.7 Å². The zero-order valence-corrected chi connectivity index (χ0v) is 35.5. The van der Waals surface area contributed by atoms with E-state index in [1.54, 1.807) is 7.11 Å². The Morgan fingerprint density at radius 1 is 0.855 bits per heavy atom. The molecule has 12 atom stereocenters. The molecule has 2 unspecified atom stereocenters. The smallest absolute Gasteiger partial charge is 0.310 e. The second kappa shape index (κ2) is 18.0. The van der Waals surface area contributed by atoms with Gasteiger partial charge >= 0.3 is 11.9 Å². The highest BCUT2D eigenvalue weighted by Gasteiger charge is 2.63. The number of halogens is 2. The Morgan fingerprint density at radius 2 is 1.53 bits per heavy atom. The van der Waals surface area contributed by atoms with Crippen molar-refractivity contribution in [1.29, 1.82) is 0 Å². The maximum atomic E-state index is 13.2. The van der Waals surface area contributed by atoms with Gasteiger partial charge in [0.15, 0.2) is 0 Å². The summed E-state index contributed by atoms with van der Waals surface area (Å²) in [5.74, 6) is 3.28. The van der Waals surface area contributed by atoms with Crippen molar-refractivity contribution in [3.05, 3.63) is 59.7 Å². The minimum atomic E-state index is -0.350. The van der Waals surface area contributed by atoms with Crippen LogP contribution in [0.15, 0.2) is 48.5 Å². The zero-order valence-electron chi connectivity index (χ0n) is 34.0. The number of hydrogen-bond donors (Lipinski definition) is 1. The summed E-state index contributed by atoms with van der Waals surface area (Å²) in [5, 5.41) is 12.1. The normalized spacial score (nSPS) is 32.9. The number of alkyl halides is 2. The fourth-order valence-electron chi connectivity index (χ4n) is 11.9. The Balaban J connectivity index is 0.998. The second-order valence-corrected chi connectivity index (χ2v) is 19.7. The number of aliphatic hydroxyl groups excluding tert-OH is 1. The number of ether oxygens (including phenoxy) is 3. The van der Waals surface area contributed by atoms with E-state index in [0.717, 1.165) is 73.9 Å². The molecule has 0 spiro atoms. The number of methoxy groups -OCH3 is 1. The molecule has 4 aliphatic carbocycles. The van der Waals surface area contributed by atoms with Gasteiger partial charge in [0, 0.05) is 36.0 Å². The lowest BCUT2D eigenvalue weighted by molar-refractivity contribution is -0.181. The first-order chi connectivity index (χ1) is 26.2. The van der Waals surface area contributed by atoms with Crippen molar-refractivity contribution in [3.63, 3.8) is 0 Å². The van der Waals surface area contributed by atoms with Crippen molar-refractivity contribution >= 4 is 40.8 Å². The number of nitrogens with zero attached hydrogens (tertiary/aromatic N) is 1. The van der Waals surface area contributed by atoms with Crippen molar-refractivity contribution in [2.75, 3.05) is 25.1 Å². The predicted molar refractivity (Wildman–Crippen MR) is 221 cm³/mol. The highest BCUT2D eigenvalue weighted by molar-refractivity contribution is 6.21. The number of carbonyl (C=O) groups is 2. The molecule has 0 radical (unpaired) electrons. The standard InChI is InChI=1S/C46H65Cl2NO6/c1-29(7-20-43(51)54-28-33-10-15-36(53-6)16-11-33)39-18-19-40-38-17-12-34-24-37(21-22-45(34,4)41(38)25-42(50)46(39,40)5)55-44(52)23-32-8-13-35(14-9-32)49(26-30(2)47)27-31(3)48/h8-11,13-16,29-31,34,37-42,50H,7,12,17-28H2,1-6H3/t29-,30?,31?,34-,37-,38+,39-,40+,41+,42+,45+,46-/m1/s1. The van der Waals surface area contributed by atoms with Crippen LogP contribution in [0, 0.1) is 46.3 Å². The van der Waals surface area contributed by atoms with Gasteiger partial charge in [-0.05, 0) is 153 Å². The van der Waals surface area contributed by atoms with Gasteiger partial charge in [0.1, 0.15) is 18.5 Å². The van der Waals surface area contributed by atoms with Crippen LogP contribution in [0.2, 0.25) is 0 Å². The van der Waals surface area contributed by atoms with Crippen LogP contribution in [0.3, 0.4) is 0 Å². The minimum absolute atomic E-state index is 0.00197. The molecule has 0 bridgehead atoms. The molecular formula is C46H65Cl2NO6. The average Bonchev–Trinajstić information content (AvgIpc) is 3.52. The van der Waals surface area contributed by atoms with Crippen molar-refractivity contribution in [2.24, 2.45) is 46.3 Å². The monoisotopic (exact) mass is 797 g/mol. The topological polar surface area (TPSA) is 85.3 Å². The molecule has 0 aliphatic heterocycles. The van der Waals surface area contributed by atoms with E-state index < -0.39 is 0 Å². The first-order valence-electron chi connectivity index (χ1n) is 21.0. The number of benzene rings is 2. The largest absolute Gasteiger partial charge is 0.497 e. The molecule has 0 aromatic heterocycles. The van der Waals surface area contributed by atoms with Gasteiger partial charge in [0.05, 0.1) is 19.6 Å². The summed E-state index contributed by atoms with van der Waals surface area (Å²) >= 11 is 12.6. The molecule has 2 aromatic rings. The first kappa shape index (κ1) is 42.1. The number of esters is 2. The van der Waals surface area contributed by atoms with E-state index in [1.807, 2.05) is 62.4 Å². The summed E-state index contributed by atoms with van der Waals surface area (Å²) in [6.07, 6.45) is 9.34. The van der Waals surface area contributed by atoms with Crippen LogP contribution in [-0.2, 0) is 32.1 Å². The Hall–Kier alpha value is -2.48. The summed E-state index contributed by atoms with van der Waals surface area (Å²) in [6.45, 7) is 12.8. The Morgan fingerprint density at radius 3 is 2.18 bits per heavy atom. The summed E-state index contributed by atoms with van der Waals surface area (Å²) in [6, 6.07) is 15.7. The summed E-state index contributed by atoms with van der Waals surface area (Å²) in [7, 11) is 1.64. The second-order valence-electron chi connectivity index (χ2n) is 18.2. The van der Waals surface area contributed by atoms with Gasteiger partial charge in [-0.25, -0.2) is 0 Å². The third-order valence-corrected chi connectivity index (χ3v) is 15.0. The van der Waals surface area contributed by atoms with E-state index in [1.165, 1.54) is 6.42 Å². The molecule has 55 heavy (non-hydrogen) atoms. The molecule has 7 nitrogen and oxygen atoms in total. The molecule has 0 amide bonds. The van der Waals surface area contributed by atoms with E-state index in [-0.39, 0.29) is 58.8 Å². The molecule has 1 N–H and O–H groups in total. The van der Waals surface area contributed by atoms with Crippen LogP contribution in [0.5, 0.6) is 5.75 Å². The van der Waals surface area contributed by atoms with Crippen molar-refractivity contribution < 1.29 is 28.9 Å². The third kappa shape index (κ3) is 9.47. The van der Waals surface area contributed by atoms with Crippen molar-refractivity contribution in [2.45, 2.75) is 135 Å². The average molecular weight is 799 g/mol. The number of carbonyl (C=O) groups excluding carboxylic acids is 2. The highest BCUT2D eigenvalue weighted by Crippen LogP contribution is 2.68. The van der Waals surface area contributed by atoms with Gasteiger partial charge in [-0.1, -0.05) is 45.0 Å². The number of fused-ring (bicyclic) bond motifs is 5. The molecule has 9 heteroatoms. The maximum absolute atomic E-state index is 13.2. The van der Waals surface area contributed by atoms with Crippen LogP contribution in [-0.4, -0.2) is 60.2 Å². The number of anilines is 1. The summed E-state index contributed by atoms with van der Waals surface area (Å²) < 4.78 is 17.0. The molecule has 6 rings (SSSR count). The first-order valence-corrected chi connectivity index (χ1v) is 21.9. The molecule has 4 aliphatic rings. The van der Waals surface area contributed by atoms with Crippen LogP contribution >= 0.6 is 23.2 Å². The van der Waals surface area contributed by atoms with Gasteiger partial charge < -0.3 is 24.2 Å². The molecule has 0 saturated heterocycles. The number of aliphatic hydroxyl groups is 1. The van der Waals surface area contributed by atoms with E-state index in [0.29, 0.717) is 55.0 Å². The lowest BCUT2D eigenvalue weighted by Crippen LogP contribution is -2.59. The lowest BCUT2D eigenvalue weighted by Gasteiger charge is -2.62. The summed E-state index contributed by atoms with van der Waals surface area (Å²) in [5.41, 5.74) is 2.96. The third-order valence-electron chi connectivity index (χ3n) is 14.7. The Bertz CT molecular complexity index is 1570. The van der Waals surface area contributed by atoms with Gasteiger partial charge in [0.25, 0.3) is 0 Å². The van der Waals surface area contributed by atoms with Crippen molar-refractivity contribution in [3.8, 4) is 5.75 Å². The van der Waals surface area contributed by atoms with Crippen molar-refractivity contribution in [1.82, 2.24) is 0 Å². The molecule has 304 valence electrons. The SMILES string of the molecule is COc1ccc(COC(=O)CC[C@@H](C)[C@H]2CC[C@H]3[C@@H]4CC[C@@H]5C[C@H](OC(=O)Cc6ccc(N(CC(C)Cl)CC(C)Cl)cc6)CC[C@]5(C)[C@H]4C[C@H](O)[C@]23C)cc1.